The average Bonchev–Trinajstić information content (AvgIpc) is 2.99. The predicted molar refractivity (Wildman–Crippen MR) is 112 cm³/mol. The van der Waals surface area contributed by atoms with Gasteiger partial charge in [0.1, 0.15) is 5.75 Å². The maximum absolute atomic E-state index is 12.8. The molecule has 2 aromatic rings. The molecule has 1 saturated heterocycles. The summed E-state index contributed by atoms with van der Waals surface area (Å²) in [5.74, 6) is 0.453. The molecule has 1 unspecified atom stereocenters. The van der Waals surface area contributed by atoms with E-state index in [9.17, 15) is 14.4 Å². The van der Waals surface area contributed by atoms with E-state index in [-0.39, 0.29) is 36.1 Å². The molecular weight excluding hydrogens is 404 g/mol. The van der Waals surface area contributed by atoms with Gasteiger partial charge in [0.25, 0.3) is 11.1 Å². The number of fused-ring (bicyclic) bond motifs is 1. The monoisotopic (exact) mass is 426 g/mol. The highest BCUT2D eigenvalue weighted by atomic mass is 32.2. The minimum absolute atomic E-state index is 0.116. The van der Waals surface area contributed by atoms with Gasteiger partial charge in [-0.2, -0.15) is 0 Å². The fraction of sp³-hybridized carbons (Fsp3) is 0.318. The lowest BCUT2D eigenvalue weighted by Gasteiger charge is -2.30. The van der Waals surface area contributed by atoms with Crippen LogP contribution in [0.1, 0.15) is 27.0 Å². The van der Waals surface area contributed by atoms with Gasteiger partial charge in [0.2, 0.25) is 11.3 Å². The first-order chi connectivity index (χ1) is 14.4. The van der Waals surface area contributed by atoms with Crippen LogP contribution in [0.5, 0.6) is 5.75 Å². The number of hydrogen-bond donors (Lipinski definition) is 0. The van der Waals surface area contributed by atoms with Crippen molar-refractivity contribution in [3.63, 3.8) is 0 Å². The number of aryl methyl sites for hydroxylation is 2. The summed E-state index contributed by atoms with van der Waals surface area (Å²) < 4.78 is 11.5. The van der Waals surface area contributed by atoms with Crippen LogP contribution in [0, 0.1) is 13.8 Å². The lowest BCUT2D eigenvalue weighted by molar-refractivity contribution is -0.130. The van der Waals surface area contributed by atoms with Gasteiger partial charge in [0.05, 0.1) is 12.2 Å². The van der Waals surface area contributed by atoms with Gasteiger partial charge in [-0.05, 0) is 42.7 Å². The second-order valence-electron chi connectivity index (χ2n) is 7.30. The third kappa shape index (κ3) is 4.06. The van der Waals surface area contributed by atoms with Crippen molar-refractivity contribution in [2.75, 3.05) is 19.9 Å². The quantitative estimate of drug-likeness (QED) is 0.705. The normalized spacial score (nSPS) is 18.6. The maximum Gasteiger partial charge on any atom is 0.292 e. The first kappa shape index (κ1) is 20.4. The second kappa shape index (κ2) is 8.49. The van der Waals surface area contributed by atoms with Gasteiger partial charge in [-0.15, -0.1) is 0 Å². The highest BCUT2D eigenvalue weighted by Crippen LogP contribution is 2.30. The number of rotatable bonds is 6. The van der Waals surface area contributed by atoms with Gasteiger partial charge in [0, 0.05) is 24.9 Å². The predicted octanol–water partition coefficient (Wildman–Crippen LogP) is 3.33. The van der Waals surface area contributed by atoms with Crippen molar-refractivity contribution < 1.29 is 23.9 Å². The second-order valence-corrected chi connectivity index (χ2v) is 8.25. The number of benzene rings is 2. The molecule has 0 N–H and O–H groups in total. The molecule has 2 aliphatic rings. The summed E-state index contributed by atoms with van der Waals surface area (Å²) in [6.45, 7) is 4.71. The van der Waals surface area contributed by atoms with E-state index in [2.05, 4.69) is 0 Å². The number of thioether (sulfide) groups is 1. The van der Waals surface area contributed by atoms with Crippen LogP contribution in [-0.4, -0.2) is 52.2 Å². The standard InChI is InChI=1S/C22H22N2O5S/c1-14-10-17-18(11-15(14)2)29-13-23(19(17)25)8-9-28-20-21(26)30-22(27)24(20)12-16-6-4-3-5-7-16/h3-7,10-11,20H,8-9,12-13H2,1-2H3. The summed E-state index contributed by atoms with van der Waals surface area (Å²) in [5, 5.41) is -0.667. The summed E-state index contributed by atoms with van der Waals surface area (Å²) in [4.78, 5) is 40.2. The fourth-order valence-corrected chi connectivity index (χ4v) is 4.14. The van der Waals surface area contributed by atoms with E-state index >= 15 is 0 Å². The molecule has 30 heavy (non-hydrogen) atoms. The summed E-state index contributed by atoms with van der Waals surface area (Å²) in [7, 11) is 0. The maximum atomic E-state index is 12.8. The third-order valence-electron chi connectivity index (χ3n) is 5.23. The van der Waals surface area contributed by atoms with Crippen LogP contribution in [0.15, 0.2) is 42.5 Å². The van der Waals surface area contributed by atoms with Crippen LogP contribution in [0.3, 0.4) is 0 Å². The Morgan fingerprint density at radius 2 is 1.83 bits per heavy atom. The molecule has 0 saturated carbocycles. The molecular formula is C22H22N2O5S. The Hall–Kier alpha value is -2.84. The molecule has 156 valence electrons. The first-order valence-corrected chi connectivity index (χ1v) is 10.5. The van der Waals surface area contributed by atoms with Gasteiger partial charge in [-0.3, -0.25) is 19.3 Å². The Bertz CT molecular complexity index is 995. The van der Waals surface area contributed by atoms with Gasteiger partial charge < -0.3 is 14.4 Å². The Kier molecular flexibility index (Phi) is 5.78. The zero-order chi connectivity index (χ0) is 21.3. The highest BCUT2D eigenvalue weighted by molar-refractivity contribution is 8.26. The molecule has 0 radical (unpaired) electrons. The third-order valence-corrected chi connectivity index (χ3v) is 6.04. The van der Waals surface area contributed by atoms with Gasteiger partial charge in [0.15, 0.2) is 6.73 Å². The lowest BCUT2D eigenvalue weighted by atomic mass is 10.0. The molecule has 8 heteroatoms. The molecule has 4 rings (SSSR count). The molecule has 2 aromatic carbocycles. The summed E-state index contributed by atoms with van der Waals surface area (Å²) in [6.07, 6.45) is -0.958. The molecule has 2 aliphatic heterocycles. The number of carbonyl (C=O) groups is 3. The number of ether oxygens (including phenoxy) is 2. The van der Waals surface area contributed by atoms with E-state index in [4.69, 9.17) is 9.47 Å². The fourth-order valence-electron chi connectivity index (χ4n) is 3.40. The zero-order valence-corrected chi connectivity index (χ0v) is 17.6. The van der Waals surface area contributed by atoms with E-state index in [1.54, 1.807) is 0 Å². The van der Waals surface area contributed by atoms with E-state index in [1.807, 2.05) is 56.3 Å². The summed E-state index contributed by atoms with van der Waals surface area (Å²) in [6, 6.07) is 13.1. The average molecular weight is 426 g/mol. The van der Waals surface area contributed by atoms with Crippen LogP contribution in [0.2, 0.25) is 0 Å². The number of amides is 2. The molecule has 0 spiro atoms. The van der Waals surface area contributed by atoms with Crippen LogP contribution in [-0.2, 0) is 16.1 Å². The minimum Gasteiger partial charge on any atom is -0.472 e. The van der Waals surface area contributed by atoms with Gasteiger partial charge in [-0.1, -0.05) is 30.3 Å². The summed E-state index contributed by atoms with van der Waals surface area (Å²) >= 11 is 0.654. The minimum atomic E-state index is -0.958. The van der Waals surface area contributed by atoms with Crippen molar-refractivity contribution in [3.05, 3.63) is 64.7 Å². The number of hydrogen-bond acceptors (Lipinski definition) is 6. The van der Waals surface area contributed by atoms with E-state index < -0.39 is 6.23 Å². The SMILES string of the molecule is Cc1cc2c(cc1C)C(=O)N(CCOC1C(=O)SC(=O)N1Cc1ccccc1)CO2. The van der Waals surface area contributed by atoms with E-state index in [0.29, 0.717) is 29.6 Å². The van der Waals surface area contributed by atoms with Crippen LogP contribution in [0.4, 0.5) is 4.79 Å². The topological polar surface area (TPSA) is 76.2 Å². The summed E-state index contributed by atoms with van der Waals surface area (Å²) in [5.41, 5.74) is 3.53. The Morgan fingerprint density at radius 3 is 2.60 bits per heavy atom. The van der Waals surface area contributed by atoms with Crippen LogP contribution < -0.4 is 4.74 Å². The van der Waals surface area contributed by atoms with Crippen molar-refractivity contribution in [2.24, 2.45) is 0 Å². The van der Waals surface area contributed by atoms with E-state index in [1.165, 1.54) is 9.80 Å². The van der Waals surface area contributed by atoms with Crippen molar-refractivity contribution in [1.29, 1.82) is 0 Å². The smallest absolute Gasteiger partial charge is 0.292 e. The van der Waals surface area contributed by atoms with Crippen molar-refractivity contribution >= 4 is 28.0 Å². The number of carbonyl (C=O) groups excluding carboxylic acids is 3. The highest BCUT2D eigenvalue weighted by Gasteiger charge is 2.40. The molecule has 2 heterocycles. The molecule has 2 amide bonds. The van der Waals surface area contributed by atoms with Crippen LogP contribution in [0.25, 0.3) is 0 Å². The lowest BCUT2D eigenvalue weighted by Crippen LogP contribution is -2.43. The molecule has 1 fully saturated rings. The molecule has 7 nitrogen and oxygen atoms in total. The van der Waals surface area contributed by atoms with Crippen molar-refractivity contribution in [2.45, 2.75) is 26.6 Å². The number of nitrogens with zero attached hydrogens (tertiary/aromatic N) is 2. The largest absolute Gasteiger partial charge is 0.472 e. The zero-order valence-electron chi connectivity index (χ0n) is 16.8. The van der Waals surface area contributed by atoms with Gasteiger partial charge >= 0.3 is 0 Å². The Labute approximate surface area is 178 Å². The molecule has 1 atom stereocenters. The molecule has 0 bridgehead atoms. The molecule has 0 aliphatic carbocycles. The molecule has 0 aromatic heterocycles. The first-order valence-electron chi connectivity index (χ1n) is 9.65. The van der Waals surface area contributed by atoms with Crippen LogP contribution >= 0.6 is 11.8 Å². The van der Waals surface area contributed by atoms with E-state index in [0.717, 1.165) is 16.7 Å². The Balaban J connectivity index is 1.38. The van der Waals surface area contributed by atoms with Crippen molar-refractivity contribution in [3.8, 4) is 5.75 Å². The Morgan fingerprint density at radius 1 is 1.10 bits per heavy atom. The van der Waals surface area contributed by atoms with Crippen molar-refractivity contribution in [1.82, 2.24) is 9.80 Å². The van der Waals surface area contributed by atoms with Gasteiger partial charge in [-0.25, -0.2) is 0 Å².